The smallest absolute Gasteiger partial charge is 0.0874 e. The molecule has 0 spiro atoms. The highest BCUT2D eigenvalue weighted by Gasteiger charge is 2.16. The zero-order valence-corrected chi connectivity index (χ0v) is 11.0. The molecule has 1 fully saturated rings. The predicted molar refractivity (Wildman–Crippen MR) is 71.8 cm³/mol. The molecule has 2 rings (SSSR count). The molecule has 1 N–H and O–H groups in total. The highest BCUT2D eigenvalue weighted by atomic mass is 16.5. The summed E-state index contributed by atoms with van der Waals surface area (Å²) in [5.41, 5.74) is 3.94. The van der Waals surface area contributed by atoms with Crippen LogP contribution in [0.4, 0.5) is 5.69 Å². The third-order valence-corrected chi connectivity index (χ3v) is 3.25. The molecule has 1 saturated heterocycles. The number of aryl methyl sites for hydroxylation is 2. The van der Waals surface area contributed by atoms with E-state index in [1.165, 1.54) is 16.8 Å². The molecular weight excluding hydrogens is 212 g/mol. The average molecular weight is 234 g/mol. The van der Waals surface area contributed by atoms with Crippen molar-refractivity contribution in [3.05, 3.63) is 29.3 Å². The van der Waals surface area contributed by atoms with E-state index in [2.05, 4.69) is 49.3 Å². The summed E-state index contributed by atoms with van der Waals surface area (Å²) in [6.07, 6.45) is 0.300. The van der Waals surface area contributed by atoms with E-state index in [4.69, 9.17) is 4.74 Å². The Labute approximate surface area is 104 Å². The Kier molecular flexibility index (Phi) is 4.02. The molecule has 1 heterocycles. The quantitative estimate of drug-likeness (QED) is 0.862. The van der Waals surface area contributed by atoms with E-state index in [9.17, 15) is 0 Å². The number of hydrogen-bond donors (Lipinski definition) is 1. The molecule has 0 saturated carbocycles. The van der Waals surface area contributed by atoms with E-state index in [1.54, 1.807) is 0 Å². The van der Waals surface area contributed by atoms with E-state index in [-0.39, 0.29) is 0 Å². The molecule has 1 aromatic carbocycles. The number of anilines is 1. The SMILES string of the molecule is Cc1ccc(N(C)CC2CNCCO2)c(C)c1. The van der Waals surface area contributed by atoms with Crippen molar-refractivity contribution >= 4 is 5.69 Å². The molecule has 0 amide bonds. The standard InChI is InChI=1S/C14H22N2O/c1-11-4-5-14(12(2)8-11)16(3)10-13-9-15-6-7-17-13/h4-5,8,13,15H,6-7,9-10H2,1-3H3. The highest BCUT2D eigenvalue weighted by Crippen LogP contribution is 2.20. The van der Waals surface area contributed by atoms with Crippen molar-refractivity contribution in [1.82, 2.24) is 5.32 Å². The molecule has 17 heavy (non-hydrogen) atoms. The fourth-order valence-electron chi connectivity index (χ4n) is 2.37. The Morgan fingerprint density at radius 2 is 2.24 bits per heavy atom. The van der Waals surface area contributed by atoms with Crippen LogP contribution in [0, 0.1) is 13.8 Å². The maximum absolute atomic E-state index is 5.73. The second-order valence-electron chi connectivity index (χ2n) is 4.87. The van der Waals surface area contributed by atoms with Crippen molar-refractivity contribution in [2.75, 3.05) is 38.2 Å². The highest BCUT2D eigenvalue weighted by molar-refractivity contribution is 5.53. The van der Waals surface area contributed by atoms with Crippen molar-refractivity contribution in [3.63, 3.8) is 0 Å². The summed E-state index contributed by atoms with van der Waals surface area (Å²) >= 11 is 0. The van der Waals surface area contributed by atoms with Crippen LogP contribution in [-0.4, -0.2) is 39.4 Å². The minimum Gasteiger partial charge on any atom is -0.374 e. The topological polar surface area (TPSA) is 24.5 Å². The molecule has 0 radical (unpaired) electrons. The first kappa shape index (κ1) is 12.4. The van der Waals surface area contributed by atoms with Crippen LogP contribution < -0.4 is 10.2 Å². The van der Waals surface area contributed by atoms with E-state index in [0.29, 0.717) is 6.10 Å². The van der Waals surface area contributed by atoms with E-state index < -0.39 is 0 Å². The summed E-state index contributed by atoms with van der Waals surface area (Å²) < 4.78 is 5.73. The van der Waals surface area contributed by atoms with Gasteiger partial charge in [-0.3, -0.25) is 0 Å². The second kappa shape index (κ2) is 5.52. The third-order valence-electron chi connectivity index (χ3n) is 3.25. The fraction of sp³-hybridized carbons (Fsp3) is 0.571. The summed E-state index contributed by atoms with van der Waals surface area (Å²) in [4.78, 5) is 2.28. The first-order valence-corrected chi connectivity index (χ1v) is 6.27. The predicted octanol–water partition coefficient (Wildman–Crippen LogP) is 1.73. The van der Waals surface area contributed by atoms with Crippen LogP contribution >= 0.6 is 0 Å². The maximum Gasteiger partial charge on any atom is 0.0874 e. The van der Waals surface area contributed by atoms with E-state index in [1.807, 2.05) is 0 Å². The molecule has 1 aliphatic rings. The molecule has 1 aliphatic heterocycles. The summed E-state index contributed by atoms with van der Waals surface area (Å²) in [6.45, 7) is 7.99. The first-order valence-electron chi connectivity index (χ1n) is 6.27. The van der Waals surface area contributed by atoms with E-state index in [0.717, 1.165) is 26.2 Å². The Morgan fingerprint density at radius 1 is 1.41 bits per heavy atom. The van der Waals surface area contributed by atoms with Crippen molar-refractivity contribution in [3.8, 4) is 0 Å². The van der Waals surface area contributed by atoms with Gasteiger partial charge >= 0.3 is 0 Å². The van der Waals surface area contributed by atoms with Gasteiger partial charge in [-0.1, -0.05) is 17.7 Å². The fourth-order valence-corrected chi connectivity index (χ4v) is 2.37. The van der Waals surface area contributed by atoms with Crippen LogP contribution in [0.2, 0.25) is 0 Å². The zero-order valence-electron chi connectivity index (χ0n) is 11.0. The van der Waals surface area contributed by atoms with Crippen LogP contribution in [-0.2, 0) is 4.74 Å². The van der Waals surface area contributed by atoms with Gasteiger partial charge in [-0.25, -0.2) is 0 Å². The Balaban J connectivity index is 2.00. The van der Waals surface area contributed by atoms with Crippen LogP contribution in [0.3, 0.4) is 0 Å². The number of hydrogen-bond acceptors (Lipinski definition) is 3. The number of rotatable bonds is 3. The van der Waals surface area contributed by atoms with Crippen molar-refractivity contribution in [2.24, 2.45) is 0 Å². The lowest BCUT2D eigenvalue weighted by Gasteiger charge is -2.30. The minimum atomic E-state index is 0.300. The molecule has 1 aromatic rings. The van der Waals surface area contributed by atoms with Gasteiger partial charge < -0.3 is 15.0 Å². The van der Waals surface area contributed by atoms with Gasteiger partial charge in [0.05, 0.1) is 12.7 Å². The van der Waals surface area contributed by atoms with Crippen LogP contribution in [0.15, 0.2) is 18.2 Å². The van der Waals surface area contributed by atoms with Gasteiger partial charge in [0.1, 0.15) is 0 Å². The monoisotopic (exact) mass is 234 g/mol. The maximum atomic E-state index is 5.73. The molecular formula is C14H22N2O. The summed E-state index contributed by atoms with van der Waals surface area (Å²) in [6, 6.07) is 6.59. The first-order chi connectivity index (χ1) is 8.16. The number of nitrogens with zero attached hydrogens (tertiary/aromatic N) is 1. The summed E-state index contributed by atoms with van der Waals surface area (Å²) in [5.74, 6) is 0. The molecule has 0 aliphatic carbocycles. The molecule has 0 aromatic heterocycles. The average Bonchev–Trinajstić information content (AvgIpc) is 2.30. The molecule has 3 nitrogen and oxygen atoms in total. The molecule has 0 bridgehead atoms. The molecule has 1 unspecified atom stereocenters. The number of morpholine rings is 1. The molecule has 1 atom stereocenters. The lowest BCUT2D eigenvalue weighted by Crippen LogP contribution is -2.44. The largest absolute Gasteiger partial charge is 0.374 e. The number of likely N-dealkylation sites (N-methyl/N-ethyl adjacent to an activating group) is 1. The van der Waals surface area contributed by atoms with Crippen LogP contribution in [0.25, 0.3) is 0 Å². The van der Waals surface area contributed by atoms with Crippen LogP contribution in [0.5, 0.6) is 0 Å². The zero-order chi connectivity index (χ0) is 12.3. The van der Waals surface area contributed by atoms with Crippen molar-refractivity contribution in [1.29, 1.82) is 0 Å². The lowest BCUT2D eigenvalue weighted by atomic mass is 10.1. The van der Waals surface area contributed by atoms with Crippen molar-refractivity contribution < 1.29 is 4.74 Å². The van der Waals surface area contributed by atoms with Gasteiger partial charge in [0.25, 0.3) is 0 Å². The van der Waals surface area contributed by atoms with Gasteiger partial charge in [-0.15, -0.1) is 0 Å². The Hall–Kier alpha value is -1.06. The van der Waals surface area contributed by atoms with Gasteiger partial charge in [0, 0.05) is 32.4 Å². The second-order valence-corrected chi connectivity index (χ2v) is 4.87. The summed E-state index contributed by atoms with van der Waals surface area (Å²) in [7, 11) is 2.13. The summed E-state index contributed by atoms with van der Waals surface area (Å²) in [5, 5.41) is 3.36. The van der Waals surface area contributed by atoms with Crippen molar-refractivity contribution in [2.45, 2.75) is 20.0 Å². The Bertz CT molecular complexity index is 372. The van der Waals surface area contributed by atoms with Gasteiger partial charge in [-0.2, -0.15) is 0 Å². The molecule has 94 valence electrons. The number of benzene rings is 1. The van der Waals surface area contributed by atoms with Crippen LogP contribution in [0.1, 0.15) is 11.1 Å². The third kappa shape index (κ3) is 3.20. The number of ether oxygens (including phenoxy) is 1. The number of nitrogens with one attached hydrogen (secondary N) is 1. The molecule has 3 heteroatoms. The Morgan fingerprint density at radius 3 is 2.88 bits per heavy atom. The van der Waals surface area contributed by atoms with Gasteiger partial charge in [-0.05, 0) is 25.5 Å². The van der Waals surface area contributed by atoms with E-state index >= 15 is 0 Å². The normalized spacial score (nSPS) is 20.3. The van der Waals surface area contributed by atoms with Gasteiger partial charge in [0.2, 0.25) is 0 Å². The van der Waals surface area contributed by atoms with Gasteiger partial charge in [0.15, 0.2) is 0 Å². The lowest BCUT2D eigenvalue weighted by molar-refractivity contribution is 0.0340. The minimum absolute atomic E-state index is 0.300.